The molecule has 28 heavy (non-hydrogen) atoms. The van der Waals surface area contributed by atoms with Gasteiger partial charge in [0.25, 0.3) is 5.91 Å². The van der Waals surface area contributed by atoms with Gasteiger partial charge in [0, 0.05) is 36.2 Å². The highest BCUT2D eigenvalue weighted by Crippen LogP contribution is 2.16. The summed E-state index contributed by atoms with van der Waals surface area (Å²) in [5.41, 5.74) is 0.332. The van der Waals surface area contributed by atoms with Gasteiger partial charge in [0.05, 0.1) is 6.54 Å². The van der Waals surface area contributed by atoms with Crippen LogP contribution in [0.15, 0.2) is 35.3 Å². The number of para-hydroxylation sites is 1. The molecule has 1 aliphatic rings. The van der Waals surface area contributed by atoms with Gasteiger partial charge in [-0.05, 0) is 44.9 Å². The smallest absolute Gasteiger partial charge is 0.257 e. The maximum absolute atomic E-state index is 12.4. The molecule has 0 radical (unpaired) electrons. The van der Waals surface area contributed by atoms with Crippen LogP contribution in [0.1, 0.15) is 43.0 Å². The molecule has 150 valence electrons. The lowest BCUT2D eigenvalue weighted by molar-refractivity contribution is -0.120. The number of aromatic amines is 1. The van der Waals surface area contributed by atoms with Crippen molar-refractivity contribution < 1.29 is 9.59 Å². The van der Waals surface area contributed by atoms with Crippen LogP contribution in [0.4, 0.5) is 0 Å². The topological polar surface area (TPSA) is 94.3 Å². The number of hydrogen-bond acceptors (Lipinski definition) is 4. The molecule has 1 unspecified atom stereocenters. The van der Waals surface area contributed by atoms with E-state index in [4.69, 9.17) is 0 Å². The largest absolute Gasteiger partial charge is 0.360 e. The highest BCUT2D eigenvalue weighted by Gasteiger charge is 2.17. The number of rotatable bonds is 7. The van der Waals surface area contributed by atoms with E-state index in [1.165, 1.54) is 25.5 Å². The Morgan fingerprint density at radius 3 is 2.86 bits per heavy atom. The van der Waals surface area contributed by atoms with E-state index in [9.17, 15) is 14.4 Å². The highest BCUT2D eigenvalue weighted by atomic mass is 16.2. The van der Waals surface area contributed by atoms with Gasteiger partial charge in [-0.2, -0.15) is 0 Å². The summed E-state index contributed by atoms with van der Waals surface area (Å²) in [6.45, 7) is 4.78. The van der Waals surface area contributed by atoms with E-state index in [-0.39, 0.29) is 23.4 Å². The number of carbonyl (C=O) groups is 2. The third kappa shape index (κ3) is 4.98. The van der Waals surface area contributed by atoms with Crippen molar-refractivity contribution in [3.8, 4) is 0 Å². The summed E-state index contributed by atoms with van der Waals surface area (Å²) < 4.78 is 0. The maximum Gasteiger partial charge on any atom is 0.257 e. The first-order chi connectivity index (χ1) is 13.6. The fourth-order valence-corrected chi connectivity index (χ4v) is 3.65. The van der Waals surface area contributed by atoms with Gasteiger partial charge in [-0.3, -0.25) is 14.4 Å². The number of aromatic nitrogens is 1. The summed E-state index contributed by atoms with van der Waals surface area (Å²) in [6, 6.07) is 7.62. The van der Waals surface area contributed by atoms with Crippen molar-refractivity contribution in [3.05, 3.63) is 46.2 Å². The van der Waals surface area contributed by atoms with Crippen LogP contribution in [-0.2, 0) is 4.79 Å². The Morgan fingerprint density at radius 1 is 1.21 bits per heavy atom. The number of nitrogens with zero attached hydrogens (tertiary/aromatic N) is 1. The van der Waals surface area contributed by atoms with E-state index in [1.54, 1.807) is 18.2 Å². The lowest BCUT2D eigenvalue weighted by Gasteiger charge is -2.33. The molecule has 0 bridgehead atoms. The summed E-state index contributed by atoms with van der Waals surface area (Å²) in [6.07, 6.45) is 6.06. The summed E-state index contributed by atoms with van der Waals surface area (Å²) in [5.74, 6) is -0.804. The number of fused-ring (bicyclic) bond motifs is 1. The van der Waals surface area contributed by atoms with Gasteiger partial charge >= 0.3 is 0 Å². The van der Waals surface area contributed by atoms with E-state index in [2.05, 4.69) is 27.4 Å². The average molecular weight is 384 g/mol. The number of amides is 2. The minimum atomic E-state index is -0.552. The monoisotopic (exact) mass is 384 g/mol. The molecule has 7 heteroatoms. The van der Waals surface area contributed by atoms with Crippen LogP contribution in [-0.4, -0.2) is 53.9 Å². The number of likely N-dealkylation sites (tertiary alicyclic amines) is 1. The predicted octanol–water partition coefficient (Wildman–Crippen LogP) is 1.64. The minimum Gasteiger partial charge on any atom is -0.360 e. The Labute approximate surface area is 164 Å². The Balaban J connectivity index is 1.42. The second-order valence-electron chi connectivity index (χ2n) is 7.34. The van der Waals surface area contributed by atoms with Gasteiger partial charge in [-0.15, -0.1) is 0 Å². The predicted molar refractivity (Wildman–Crippen MR) is 109 cm³/mol. The zero-order valence-corrected chi connectivity index (χ0v) is 16.3. The van der Waals surface area contributed by atoms with Crippen molar-refractivity contribution in [1.29, 1.82) is 0 Å². The van der Waals surface area contributed by atoms with Crippen LogP contribution in [0.25, 0.3) is 10.9 Å². The molecule has 1 fully saturated rings. The molecular weight excluding hydrogens is 356 g/mol. The molecule has 7 nitrogen and oxygen atoms in total. The quantitative estimate of drug-likeness (QED) is 0.633. The van der Waals surface area contributed by atoms with Crippen molar-refractivity contribution in [2.75, 3.05) is 26.2 Å². The molecule has 1 aliphatic heterocycles. The van der Waals surface area contributed by atoms with Crippen LogP contribution in [0.2, 0.25) is 0 Å². The van der Waals surface area contributed by atoms with Gasteiger partial charge in [0.15, 0.2) is 0 Å². The number of pyridine rings is 1. The number of hydrogen-bond donors (Lipinski definition) is 3. The van der Waals surface area contributed by atoms with Gasteiger partial charge in [-0.25, -0.2) is 0 Å². The molecule has 1 aromatic heterocycles. The van der Waals surface area contributed by atoms with Crippen molar-refractivity contribution in [2.45, 2.75) is 38.6 Å². The highest BCUT2D eigenvalue weighted by molar-refractivity contribution is 5.98. The Bertz CT molecular complexity index is 893. The Kier molecular flexibility index (Phi) is 6.81. The first kappa shape index (κ1) is 20.1. The van der Waals surface area contributed by atoms with Crippen molar-refractivity contribution in [1.82, 2.24) is 20.5 Å². The molecule has 1 atom stereocenters. The molecule has 2 amide bonds. The van der Waals surface area contributed by atoms with Crippen LogP contribution in [0, 0.1) is 0 Å². The van der Waals surface area contributed by atoms with E-state index in [1.807, 2.05) is 6.07 Å². The summed E-state index contributed by atoms with van der Waals surface area (Å²) >= 11 is 0. The SMILES string of the molecule is CC1CCCCN1CCCNC(=O)CNC(=O)c1c[nH]c2ccccc2c1=O. The summed E-state index contributed by atoms with van der Waals surface area (Å²) in [7, 11) is 0. The Hall–Kier alpha value is -2.67. The van der Waals surface area contributed by atoms with Crippen LogP contribution >= 0.6 is 0 Å². The van der Waals surface area contributed by atoms with E-state index in [0.29, 0.717) is 23.5 Å². The molecule has 0 spiro atoms. The molecule has 1 saturated heterocycles. The standard InChI is InChI=1S/C21H28N4O3/c1-15-7-4-5-11-25(15)12-6-10-22-19(26)14-24-21(28)17-13-23-18-9-3-2-8-16(18)20(17)27/h2-3,8-9,13,15H,4-7,10-12,14H2,1H3,(H,22,26)(H,23,27)(H,24,28). The lowest BCUT2D eigenvalue weighted by Crippen LogP contribution is -2.41. The summed E-state index contributed by atoms with van der Waals surface area (Å²) in [4.78, 5) is 42.1. The lowest BCUT2D eigenvalue weighted by atomic mass is 10.0. The molecular formula is C21H28N4O3. The number of nitrogens with one attached hydrogen (secondary N) is 3. The fraction of sp³-hybridized carbons (Fsp3) is 0.476. The van der Waals surface area contributed by atoms with Crippen molar-refractivity contribution >= 4 is 22.7 Å². The number of carbonyl (C=O) groups excluding carboxylic acids is 2. The van der Waals surface area contributed by atoms with Crippen LogP contribution in [0.3, 0.4) is 0 Å². The van der Waals surface area contributed by atoms with Crippen LogP contribution < -0.4 is 16.1 Å². The maximum atomic E-state index is 12.4. The first-order valence-corrected chi connectivity index (χ1v) is 9.95. The molecule has 3 rings (SSSR count). The number of benzene rings is 1. The normalized spacial score (nSPS) is 17.4. The number of H-pyrrole nitrogens is 1. The second kappa shape index (κ2) is 9.50. The third-order valence-electron chi connectivity index (χ3n) is 5.33. The second-order valence-corrected chi connectivity index (χ2v) is 7.34. The summed E-state index contributed by atoms with van der Waals surface area (Å²) in [5, 5.41) is 5.79. The molecule has 3 N–H and O–H groups in total. The molecule has 0 saturated carbocycles. The minimum absolute atomic E-state index is 0.00517. The molecule has 2 heterocycles. The van der Waals surface area contributed by atoms with Gasteiger partial charge in [-0.1, -0.05) is 18.6 Å². The van der Waals surface area contributed by atoms with E-state index < -0.39 is 5.91 Å². The van der Waals surface area contributed by atoms with E-state index >= 15 is 0 Å². The average Bonchev–Trinajstić information content (AvgIpc) is 2.71. The molecule has 2 aromatic rings. The third-order valence-corrected chi connectivity index (χ3v) is 5.33. The molecule has 0 aliphatic carbocycles. The van der Waals surface area contributed by atoms with E-state index in [0.717, 1.165) is 19.5 Å². The van der Waals surface area contributed by atoms with Gasteiger partial charge < -0.3 is 20.5 Å². The fourth-order valence-electron chi connectivity index (χ4n) is 3.65. The van der Waals surface area contributed by atoms with Crippen molar-refractivity contribution in [2.24, 2.45) is 0 Å². The Morgan fingerprint density at radius 2 is 2.04 bits per heavy atom. The first-order valence-electron chi connectivity index (χ1n) is 9.95. The number of piperidine rings is 1. The van der Waals surface area contributed by atoms with Crippen molar-refractivity contribution in [3.63, 3.8) is 0 Å². The van der Waals surface area contributed by atoms with Gasteiger partial charge in [0.1, 0.15) is 5.56 Å². The van der Waals surface area contributed by atoms with Crippen LogP contribution in [0.5, 0.6) is 0 Å². The molecule has 1 aromatic carbocycles. The zero-order valence-electron chi connectivity index (χ0n) is 16.3. The zero-order chi connectivity index (χ0) is 19.9. The van der Waals surface area contributed by atoms with Gasteiger partial charge in [0.2, 0.25) is 11.3 Å².